The standard InChI is InChI=1S/C13H20FN5/c1-3-19-13(11(2)6-17-19)9-15-7-12-8-16-18(10-12)5-4-14/h6,8,10,15H,3-5,7,9H2,1-2H3. The van der Waals surface area contributed by atoms with Crippen LogP contribution in [-0.2, 0) is 26.2 Å². The van der Waals surface area contributed by atoms with Crippen molar-refractivity contribution in [3.05, 3.63) is 35.4 Å². The van der Waals surface area contributed by atoms with Crippen LogP contribution in [0.2, 0.25) is 0 Å². The van der Waals surface area contributed by atoms with E-state index in [4.69, 9.17) is 0 Å². The molecule has 0 fully saturated rings. The summed E-state index contributed by atoms with van der Waals surface area (Å²) in [5.41, 5.74) is 3.47. The molecule has 0 aliphatic rings. The number of aromatic nitrogens is 4. The van der Waals surface area contributed by atoms with Crippen LogP contribution in [0, 0.1) is 6.92 Å². The van der Waals surface area contributed by atoms with Crippen LogP contribution < -0.4 is 5.32 Å². The number of rotatable bonds is 7. The first kappa shape index (κ1) is 13.7. The van der Waals surface area contributed by atoms with Crippen molar-refractivity contribution in [2.45, 2.75) is 40.0 Å². The first-order chi connectivity index (χ1) is 9.24. The zero-order valence-electron chi connectivity index (χ0n) is 11.4. The van der Waals surface area contributed by atoms with E-state index in [1.807, 2.05) is 17.1 Å². The molecule has 0 unspecified atom stereocenters. The van der Waals surface area contributed by atoms with Gasteiger partial charge in [-0.2, -0.15) is 10.2 Å². The Labute approximate surface area is 112 Å². The highest BCUT2D eigenvalue weighted by Crippen LogP contribution is 2.07. The molecule has 1 N–H and O–H groups in total. The number of alkyl halides is 1. The lowest BCUT2D eigenvalue weighted by atomic mass is 10.2. The van der Waals surface area contributed by atoms with Crippen molar-refractivity contribution in [2.24, 2.45) is 0 Å². The van der Waals surface area contributed by atoms with Gasteiger partial charge in [-0.05, 0) is 19.4 Å². The molecule has 6 heteroatoms. The molecule has 0 radical (unpaired) electrons. The number of hydrogen-bond donors (Lipinski definition) is 1. The predicted molar refractivity (Wildman–Crippen MR) is 71.4 cm³/mol. The summed E-state index contributed by atoms with van der Waals surface area (Å²) in [7, 11) is 0. The second kappa shape index (κ2) is 6.47. The van der Waals surface area contributed by atoms with Crippen molar-refractivity contribution in [1.29, 1.82) is 0 Å². The van der Waals surface area contributed by atoms with Gasteiger partial charge in [-0.15, -0.1) is 0 Å². The fraction of sp³-hybridized carbons (Fsp3) is 0.538. The molecule has 0 saturated heterocycles. The van der Waals surface area contributed by atoms with Crippen molar-refractivity contribution >= 4 is 0 Å². The maximum Gasteiger partial charge on any atom is 0.109 e. The molecule has 19 heavy (non-hydrogen) atoms. The normalized spacial score (nSPS) is 11.1. The lowest BCUT2D eigenvalue weighted by Crippen LogP contribution is -2.16. The second-order valence-electron chi connectivity index (χ2n) is 4.49. The zero-order valence-corrected chi connectivity index (χ0v) is 11.4. The number of halogens is 1. The van der Waals surface area contributed by atoms with Crippen molar-refractivity contribution < 1.29 is 4.39 Å². The summed E-state index contributed by atoms with van der Waals surface area (Å²) in [6.45, 7) is 6.45. The molecule has 2 aromatic heterocycles. The lowest BCUT2D eigenvalue weighted by Gasteiger charge is -2.07. The van der Waals surface area contributed by atoms with Gasteiger partial charge in [-0.25, -0.2) is 4.39 Å². The number of nitrogens with one attached hydrogen (secondary N) is 1. The summed E-state index contributed by atoms with van der Waals surface area (Å²) in [4.78, 5) is 0. The molecule has 0 atom stereocenters. The lowest BCUT2D eigenvalue weighted by molar-refractivity contribution is 0.427. The van der Waals surface area contributed by atoms with E-state index >= 15 is 0 Å². The van der Waals surface area contributed by atoms with Crippen molar-refractivity contribution in [3.63, 3.8) is 0 Å². The first-order valence-corrected chi connectivity index (χ1v) is 6.54. The third-order valence-electron chi connectivity index (χ3n) is 3.08. The van der Waals surface area contributed by atoms with E-state index in [1.54, 1.807) is 10.9 Å². The SMILES string of the molecule is CCn1ncc(C)c1CNCc1cnn(CCF)c1. The Morgan fingerprint density at radius 3 is 2.84 bits per heavy atom. The van der Waals surface area contributed by atoms with Gasteiger partial charge in [0.25, 0.3) is 0 Å². The third kappa shape index (κ3) is 3.41. The van der Waals surface area contributed by atoms with Gasteiger partial charge in [0.05, 0.1) is 24.6 Å². The summed E-state index contributed by atoms with van der Waals surface area (Å²) in [5, 5.41) is 11.8. The summed E-state index contributed by atoms with van der Waals surface area (Å²) in [6, 6.07) is 0. The molecular formula is C13H20FN5. The van der Waals surface area contributed by atoms with Crippen LogP contribution in [0.25, 0.3) is 0 Å². The largest absolute Gasteiger partial charge is 0.307 e. The third-order valence-corrected chi connectivity index (χ3v) is 3.08. The van der Waals surface area contributed by atoms with E-state index < -0.39 is 0 Å². The second-order valence-corrected chi connectivity index (χ2v) is 4.49. The molecule has 0 amide bonds. The topological polar surface area (TPSA) is 47.7 Å². The molecule has 0 spiro atoms. The van der Waals surface area contributed by atoms with Gasteiger partial charge < -0.3 is 5.32 Å². The molecule has 104 valence electrons. The van der Waals surface area contributed by atoms with Crippen molar-refractivity contribution in [2.75, 3.05) is 6.67 Å². The fourth-order valence-corrected chi connectivity index (χ4v) is 2.04. The average Bonchev–Trinajstić information content (AvgIpc) is 2.98. The summed E-state index contributed by atoms with van der Waals surface area (Å²) < 4.78 is 15.8. The summed E-state index contributed by atoms with van der Waals surface area (Å²) in [6.07, 6.45) is 5.53. The van der Waals surface area contributed by atoms with E-state index in [0.29, 0.717) is 6.54 Å². The van der Waals surface area contributed by atoms with Crippen molar-refractivity contribution in [3.8, 4) is 0 Å². The minimum Gasteiger partial charge on any atom is -0.307 e. The highest BCUT2D eigenvalue weighted by atomic mass is 19.1. The van der Waals surface area contributed by atoms with Gasteiger partial charge in [0.2, 0.25) is 0 Å². The van der Waals surface area contributed by atoms with Crippen LogP contribution in [0.15, 0.2) is 18.6 Å². The van der Waals surface area contributed by atoms with Crippen LogP contribution >= 0.6 is 0 Å². The zero-order chi connectivity index (χ0) is 13.7. The maximum absolute atomic E-state index is 12.2. The van der Waals surface area contributed by atoms with E-state index in [9.17, 15) is 4.39 Å². The maximum atomic E-state index is 12.2. The van der Waals surface area contributed by atoms with Gasteiger partial charge in [-0.3, -0.25) is 9.36 Å². The minimum atomic E-state index is -0.385. The summed E-state index contributed by atoms with van der Waals surface area (Å²) >= 11 is 0. The predicted octanol–water partition coefficient (Wildman–Crippen LogP) is 1.67. The smallest absolute Gasteiger partial charge is 0.109 e. The average molecular weight is 265 g/mol. The summed E-state index contributed by atoms with van der Waals surface area (Å²) in [5.74, 6) is 0. The monoisotopic (exact) mass is 265 g/mol. The Morgan fingerprint density at radius 2 is 2.11 bits per heavy atom. The highest BCUT2D eigenvalue weighted by molar-refractivity contribution is 5.15. The molecule has 5 nitrogen and oxygen atoms in total. The van der Waals surface area contributed by atoms with Crippen molar-refractivity contribution in [1.82, 2.24) is 24.9 Å². The van der Waals surface area contributed by atoms with Crippen LogP contribution in [-0.4, -0.2) is 26.2 Å². The molecule has 2 aromatic rings. The van der Waals surface area contributed by atoms with E-state index in [1.165, 1.54) is 11.3 Å². The highest BCUT2D eigenvalue weighted by Gasteiger charge is 2.06. The molecule has 0 bridgehead atoms. The molecule has 0 aliphatic carbocycles. The van der Waals surface area contributed by atoms with Crippen LogP contribution in [0.3, 0.4) is 0 Å². The molecule has 0 aliphatic heterocycles. The number of aryl methyl sites for hydroxylation is 3. The molecule has 0 aromatic carbocycles. The number of hydrogen-bond acceptors (Lipinski definition) is 3. The molecular weight excluding hydrogens is 245 g/mol. The van der Waals surface area contributed by atoms with E-state index in [2.05, 4.69) is 29.4 Å². The first-order valence-electron chi connectivity index (χ1n) is 6.54. The Kier molecular flexibility index (Phi) is 4.68. The van der Waals surface area contributed by atoms with E-state index in [0.717, 1.165) is 25.2 Å². The molecule has 2 rings (SSSR count). The Balaban J connectivity index is 1.87. The Morgan fingerprint density at radius 1 is 1.26 bits per heavy atom. The molecule has 2 heterocycles. The Hall–Kier alpha value is -1.69. The quantitative estimate of drug-likeness (QED) is 0.828. The van der Waals surface area contributed by atoms with E-state index in [-0.39, 0.29) is 6.67 Å². The fourth-order valence-electron chi connectivity index (χ4n) is 2.04. The van der Waals surface area contributed by atoms with Gasteiger partial charge in [0.15, 0.2) is 0 Å². The van der Waals surface area contributed by atoms with Crippen LogP contribution in [0.4, 0.5) is 4.39 Å². The van der Waals surface area contributed by atoms with Gasteiger partial charge in [-0.1, -0.05) is 0 Å². The minimum absolute atomic E-state index is 0.321. The molecule has 0 saturated carbocycles. The van der Waals surface area contributed by atoms with Gasteiger partial charge in [0, 0.05) is 31.4 Å². The van der Waals surface area contributed by atoms with Gasteiger partial charge in [0.1, 0.15) is 6.67 Å². The van der Waals surface area contributed by atoms with Crippen LogP contribution in [0.1, 0.15) is 23.7 Å². The number of nitrogens with zero attached hydrogens (tertiary/aromatic N) is 4. The van der Waals surface area contributed by atoms with Gasteiger partial charge >= 0.3 is 0 Å². The van der Waals surface area contributed by atoms with Crippen LogP contribution in [0.5, 0.6) is 0 Å². The Bertz CT molecular complexity index is 517.